The summed E-state index contributed by atoms with van der Waals surface area (Å²) < 4.78 is 5.38. The lowest BCUT2D eigenvalue weighted by molar-refractivity contribution is -0.145. The number of nitrogens with one attached hydrogen (secondary N) is 2. The van der Waals surface area contributed by atoms with Gasteiger partial charge in [0.15, 0.2) is 0 Å². The van der Waals surface area contributed by atoms with Gasteiger partial charge in [0.1, 0.15) is 11.8 Å². The minimum Gasteiger partial charge on any atom is -0.494 e. The van der Waals surface area contributed by atoms with Crippen LogP contribution in [-0.4, -0.2) is 97.3 Å². The van der Waals surface area contributed by atoms with Gasteiger partial charge in [-0.05, 0) is 31.2 Å². The smallest absolute Gasteiger partial charge is 0.243 e. The third kappa shape index (κ3) is 6.17. The molecule has 2 fully saturated rings. The highest BCUT2D eigenvalue weighted by molar-refractivity contribution is 5.97. The average molecular weight is 431 g/mol. The minimum absolute atomic E-state index is 0.121. The summed E-state index contributed by atoms with van der Waals surface area (Å²) in [6.45, 7) is 5.69. The number of nitrogens with zero attached hydrogens (tertiary/aromatic N) is 3. The van der Waals surface area contributed by atoms with Gasteiger partial charge in [-0.1, -0.05) is 0 Å². The van der Waals surface area contributed by atoms with Crippen LogP contribution in [0.3, 0.4) is 0 Å². The van der Waals surface area contributed by atoms with Crippen molar-refractivity contribution in [3.63, 3.8) is 0 Å². The van der Waals surface area contributed by atoms with E-state index in [9.17, 15) is 19.2 Å². The minimum atomic E-state index is -0.847. The van der Waals surface area contributed by atoms with Crippen molar-refractivity contribution in [3.8, 4) is 5.75 Å². The molecule has 0 spiro atoms. The number of piperazine rings is 2. The Hall–Kier alpha value is -3.14. The highest BCUT2D eigenvalue weighted by Crippen LogP contribution is 2.17. The number of hydrogen-bond acceptors (Lipinski definition) is 6. The summed E-state index contributed by atoms with van der Waals surface area (Å²) >= 11 is 0. The van der Waals surface area contributed by atoms with Gasteiger partial charge >= 0.3 is 0 Å². The Morgan fingerprint density at radius 1 is 1.16 bits per heavy atom. The summed E-state index contributed by atoms with van der Waals surface area (Å²) in [6.07, 6.45) is 0.691. The largest absolute Gasteiger partial charge is 0.494 e. The second-order valence-corrected chi connectivity index (χ2v) is 7.52. The fourth-order valence-corrected chi connectivity index (χ4v) is 3.71. The molecule has 0 saturated carbocycles. The Morgan fingerprint density at radius 3 is 2.52 bits per heavy atom. The molecule has 2 N–H and O–H groups in total. The number of benzene rings is 1. The second kappa shape index (κ2) is 10.8. The van der Waals surface area contributed by atoms with Crippen LogP contribution in [0, 0.1) is 0 Å². The predicted molar refractivity (Wildman–Crippen MR) is 113 cm³/mol. The standard InChI is InChI=1S/C21H29N5O5/c1-2-31-17-5-3-16(4-6-17)23-19(28)13-18-21(30)22-7-8-26(18)20(29)14-24-9-11-25(15-27)12-10-24/h3-6,15,18H,2,7-14H2,1H3,(H,22,30)(H,23,28). The molecule has 4 amide bonds. The first-order valence-corrected chi connectivity index (χ1v) is 10.5. The van der Waals surface area contributed by atoms with Crippen molar-refractivity contribution in [1.82, 2.24) is 20.0 Å². The van der Waals surface area contributed by atoms with Gasteiger partial charge in [-0.2, -0.15) is 0 Å². The van der Waals surface area contributed by atoms with Crippen LogP contribution in [0.4, 0.5) is 5.69 Å². The monoisotopic (exact) mass is 431 g/mol. The lowest BCUT2D eigenvalue weighted by atomic mass is 10.1. The first kappa shape index (κ1) is 22.5. The van der Waals surface area contributed by atoms with Crippen molar-refractivity contribution in [2.45, 2.75) is 19.4 Å². The van der Waals surface area contributed by atoms with Gasteiger partial charge in [0, 0.05) is 45.0 Å². The molecule has 0 aromatic heterocycles. The van der Waals surface area contributed by atoms with E-state index in [2.05, 4.69) is 10.6 Å². The van der Waals surface area contributed by atoms with Gasteiger partial charge in [-0.15, -0.1) is 0 Å². The highest BCUT2D eigenvalue weighted by atomic mass is 16.5. The zero-order valence-corrected chi connectivity index (χ0v) is 17.7. The summed E-state index contributed by atoms with van der Waals surface area (Å²) in [5, 5.41) is 5.51. The zero-order valence-electron chi connectivity index (χ0n) is 17.7. The molecule has 10 nitrogen and oxygen atoms in total. The van der Waals surface area contributed by atoms with Crippen LogP contribution < -0.4 is 15.4 Å². The molecule has 168 valence electrons. The number of carbonyl (C=O) groups is 4. The van der Waals surface area contributed by atoms with E-state index in [1.807, 2.05) is 11.8 Å². The average Bonchev–Trinajstić information content (AvgIpc) is 2.77. The Kier molecular flexibility index (Phi) is 7.82. The van der Waals surface area contributed by atoms with E-state index in [1.54, 1.807) is 29.2 Å². The maximum Gasteiger partial charge on any atom is 0.243 e. The van der Waals surface area contributed by atoms with Crippen molar-refractivity contribution in [2.75, 3.05) is 57.7 Å². The van der Waals surface area contributed by atoms with E-state index in [4.69, 9.17) is 4.74 Å². The van der Waals surface area contributed by atoms with Crippen molar-refractivity contribution in [2.24, 2.45) is 0 Å². The van der Waals surface area contributed by atoms with Crippen molar-refractivity contribution in [3.05, 3.63) is 24.3 Å². The van der Waals surface area contributed by atoms with Crippen LogP contribution in [0.1, 0.15) is 13.3 Å². The molecule has 1 aromatic rings. The lowest BCUT2D eigenvalue weighted by Crippen LogP contribution is -2.60. The number of carbonyl (C=O) groups excluding carboxylic acids is 4. The molecular weight excluding hydrogens is 402 g/mol. The summed E-state index contributed by atoms with van der Waals surface area (Å²) in [5.41, 5.74) is 0.593. The predicted octanol–water partition coefficient (Wildman–Crippen LogP) is -0.485. The van der Waals surface area contributed by atoms with Gasteiger partial charge < -0.3 is 25.2 Å². The first-order chi connectivity index (χ1) is 15.0. The van der Waals surface area contributed by atoms with Crippen LogP contribution in [-0.2, 0) is 19.2 Å². The molecule has 1 atom stereocenters. The maximum atomic E-state index is 12.9. The van der Waals surface area contributed by atoms with Gasteiger partial charge in [-0.3, -0.25) is 24.1 Å². The molecule has 2 heterocycles. The molecule has 0 radical (unpaired) electrons. The van der Waals surface area contributed by atoms with E-state index in [0.29, 0.717) is 57.3 Å². The normalized spacial score (nSPS) is 19.5. The molecule has 10 heteroatoms. The molecule has 3 rings (SSSR count). The summed E-state index contributed by atoms with van der Waals surface area (Å²) in [6, 6.07) is 6.12. The Morgan fingerprint density at radius 2 is 1.87 bits per heavy atom. The molecule has 31 heavy (non-hydrogen) atoms. The number of anilines is 1. The van der Waals surface area contributed by atoms with E-state index >= 15 is 0 Å². The second-order valence-electron chi connectivity index (χ2n) is 7.52. The fraction of sp³-hybridized carbons (Fsp3) is 0.524. The van der Waals surface area contributed by atoms with Crippen molar-refractivity contribution < 1.29 is 23.9 Å². The summed E-state index contributed by atoms with van der Waals surface area (Å²) in [4.78, 5) is 53.8. The van der Waals surface area contributed by atoms with Crippen LogP contribution >= 0.6 is 0 Å². The van der Waals surface area contributed by atoms with Crippen molar-refractivity contribution >= 4 is 29.8 Å². The zero-order chi connectivity index (χ0) is 22.2. The highest BCUT2D eigenvalue weighted by Gasteiger charge is 2.35. The van der Waals surface area contributed by atoms with Crippen molar-refractivity contribution in [1.29, 1.82) is 0 Å². The van der Waals surface area contributed by atoms with Gasteiger partial charge in [0.05, 0.1) is 19.6 Å². The summed E-state index contributed by atoms with van der Waals surface area (Å²) in [5.74, 6) is -0.151. The van der Waals surface area contributed by atoms with E-state index in [1.165, 1.54) is 4.90 Å². The molecule has 1 aromatic carbocycles. The van der Waals surface area contributed by atoms with Crippen LogP contribution in [0.5, 0.6) is 5.75 Å². The number of hydrogen-bond donors (Lipinski definition) is 2. The maximum absolute atomic E-state index is 12.9. The molecule has 2 saturated heterocycles. The quantitative estimate of drug-likeness (QED) is 0.538. The number of rotatable bonds is 8. The fourth-order valence-electron chi connectivity index (χ4n) is 3.71. The van der Waals surface area contributed by atoms with Gasteiger partial charge in [0.2, 0.25) is 24.1 Å². The Labute approximate surface area is 181 Å². The third-order valence-corrected chi connectivity index (χ3v) is 5.39. The Bertz CT molecular complexity index is 792. The molecule has 2 aliphatic rings. The Balaban J connectivity index is 1.56. The van der Waals surface area contributed by atoms with Crippen LogP contribution in [0.2, 0.25) is 0 Å². The summed E-state index contributed by atoms with van der Waals surface area (Å²) in [7, 11) is 0. The number of ether oxygens (including phenoxy) is 1. The lowest BCUT2D eigenvalue weighted by Gasteiger charge is -2.37. The molecule has 0 aliphatic carbocycles. The van der Waals surface area contributed by atoms with Crippen LogP contribution in [0.15, 0.2) is 24.3 Å². The van der Waals surface area contributed by atoms with Crippen LogP contribution in [0.25, 0.3) is 0 Å². The van der Waals surface area contributed by atoms with E-state index in [-0.39, 0.29) is 30.7 Å². The third-order valence-electron chi connectivity index (χ3n) is 5.39. The number of amides is 4. The van der Waals surface area contributed by atoms with Gasteiger partial charge in [0.25, 0.3) is 0 Å². The van der Waals surface area contributed by atoms with Gasteiger partial charge in [-0.25, -0.2) is 0 Å². The van der Waals surface area contributed by atoms with E-state index in [0.717, 1.165) is 6.41 Å². The molecule has 0 bridgehead atoms. The van der Waals surface area contributed by atoms with E-state index < -0.39 is 6.04 Å². The molecule has 2 aliphatic heterocycles. The SMILES string of the molecule is CCOc1ccc(NC(=O)CC2C(=O)NCCN2C(=O)CN2CCN(C=O)CC2)cc1. The topological polar surface area (TPSA) is 111 Å². The first-order valence-electron chi connectivity index (χ1n) is 10.5. The molecular formula is C21H29N5O5. The molecule has 1 unspecified atom stereocenters.